The van der Waals surface area contributed by atoms with Crippen molar-refractivity contribution in [1.82, 2.24) is 15.2 Å². The van der Waals surface area contributed by atoms with Crippen LogP contribution in [0.15, 0.2) is 48.5 Å². The molecule has 0 bridgehead atoms. The molecule has 2 aromatic carbocycles. The highest BCUT2D eigenvalue weighted by atomic mass is 16.2. The van der Waals surface area contributed by atoms with Gasteiger partial charge in [0.2, 0.25) is 11.8 Å². The molecule has 0 saturated heterocycles. The van der Waals surface area contributed by atoms with E-state index in [9.17, 15) is 14.4 Å². The highest BCUT2D eigenvalue weighted by molar-refractivity contribution is 6.07. The Morgan fingerprint density at radius 1 is 0.971 bits per heavy atom. The van der Waals surface area contributed by atoms with Crippen molar-refractivity contribution in [2.24, 2.45) is 0 Å². The topological polar surface area (TPSA) is 94.6 Å². The van der Waals surface area contributed by atoms with Crippen molar-refractivity contribution < 1.29 is 14.4 Å². The number of aromatic nitrogens is 1. The van der Waals surface area contributed by atoms with Crippen molar-refractivity contribution in [3.05, 3.63) is 65.4 Å². The first kappa shape index (κ1) is 22.0. The van der Waals surface area contributed by atoms with E-state index in [2.05, 4.69) is 10.6 Å². The minimum atomic E-state index is -0.726. The molecule has 8 heteroatoms. The number of hydrogen-bond acceptors (Lipinski definition) is 6. The maximum absolute atomic E-state index is 13.2. The zero-order valence-corrected chi connectivity index (χ0v) is 19.5. The lowest BCUT2D eigenvalue weighted by Crippen LogP contribution is -2.53. The summed E-state index contributed by atoms with van der Waals surface area (Å²) in [5.74, 6) is -0.636. The van der Waals surface area contributed by atoms with Crippen LogP contribution in [0.1, 0.15) is 30.7 Å². The number of nitrogens with zero attached hydrogens (tertiary/aromatic N) is 3. The van der Waals surface area contributed by atoms with Crippen molar-refractivity contribution in [3.63, 3.8) is 0 Å². The summed E-state index contributed by atoms with van der Waals surface area (Å²) in [7, 11) is 1.86. The number of hydrogen-bond donors (Lipinski definition) is 2. The minimum Gasteiger partial charge on any atom is -0.370 e. The summed E-state index contributed by atoms with van der Waals surface area (Å²) < 4.78 is 0. The van der Waals surface area contributed by atoms with Gasteiger partial charge in [-0.1, -0.05) is 18.2 Å². The molecule has 0 atom stereocenters. The maximum Gasteiger partial charge on any atom is 0.252 e. The molecule has 3 heterocycles. The molecule has 0 fully saturated rings. The van der Waals surface area contributed by atoms with Crippen LogP contribution in [0.2, 0.25) is 0 Å². The number of benzene rings is 2. The molecule has 0 aliphatic carbocycles. The maximum atomic E-state index is 13.2. The average Bonchev–Trinajstić information content (AvgIpc) is 2.81. The second-order valence-electron chi connectivity index (χ2n) is 9.60. The molecule has 8 nitrogen and oxygen atoms in total. The Balaban J connectivity index is 1.51. The van der Waals surface area contributed by atoms with Crippen LogP contribution >= 0.6 is 0 Å². The molecule has 34 heavy (non-hydrogen) atoms. The Morgan fingerprint density at radius 2 is 1.76 bits per heavy atom. The largest absolute Gasteiger partial charge is 0.370 e. The normalized spacial score (nSPS) is 18.3. The summed E-state index contributed by atoms with van der Waals surface area (Å²) >= 11 is 0. The number of imide groups is 1. The van der Waals surface area contributed by atoms with E-state index in [1.165, 1.54) is 0 Å². The van der Waals surface area contributed by atoms with Crippen LogP contribution in [-0.2, 0) is 33.9 Å². The van der Waals surface area contributed by atoms with Gasteiger partial charge in [0.05, 0.1) is 42.1 Å². The average molecular weight is 458 g/mol. The number of rotatable bonds is 2. The lowest BCUT2D eigenvalue weighted by molar-refractivity contribution is -0.130. The summed E-state index contributed by atoms with van der Waals surface area (Å²) in [5, 5.41) is 6.71. The Morgan fingerprint density at radius 3 is 2.59 bits per heavy atom. The highest BCUT2D eigenvalue weighted by Crippen LogP contribution is 2.36. The molecule has 2 aliphatic rings. The third-order valence-electron chi connectivity index (χ3n) is 6.29. The van der Waals surface area contributed by atoms with E-state index in [1.54, 1.807) is 4.90 Å². The second-order valence-corrected chi connectivity index (χ2v) is 9.60. The third-order valence-corrected chi connectivity index (χ3v) is 6.29. The first-order valence-electron chi connectivity index (χ1n) is 11.3. The molecule has 2 aliphatic heterocycles. The summed E-state index contributed by atoms with van der Waals surface area (Å²) in [4.78, 5) is 46.0. The van der Waals surface area contributed by atoms with E-state index in [-0.39, 0.29) is 30.7 Å². The first-order valence-corrected chi connectivity index (χ1v) is 11.3. The highest BCUT2D eigenvalue weighted by Gasteiger charge is 2.38. The van der Waals surface area contributed by atoms with Crippen molar-refractivity contribution in [1.29, 1.82) is 0 Å². The van der Waals surface area contributed by atoms with Crippen LogP contribution in [0.25, 0.3) is 10.9 Å². The van der Waals surface area contributed by atoms with Gasteiger partial charge < -0.3 is 10.2 Å². The smallest absolute Gasteiger partial charge is 0.252 e. The summed E-state index contributed by atoms with van der Waals surface area (Å²) in [5.41, 5.74) is 4.38. The van der Waals surface area contributed by atoms with Gasteiger partial charge in [0.25, 0.3) is 5.91 Å². The van der Waals surface area contributed by atoms with E-state index >= 15 is 0 Å². The molecular weight excluding hydrogens is 430 g/mol. The van der Waals surface area contributed by atoms with Gasteiger partial charge in [0.1, 0.15) is 5.54 Å². The zero-order valence-electron chi connectivity index (χ0n) is 19.5. The Hall–Kier alpha value is -3.78. The fourth-order valence-electron chi connectivity index (χ4n) is 4.68. The Bertz CT molecular complexity index is 1330. The Kier molecular flexibility index (Phi) is 5.32. The number of likely N-dealkylation sites (N-methyl/N-ethyl adjacent to an activating group) is 1. The van der Waals surface area contributed by atoms with Crippen LogP contribution in [0.5, 0.6) is 0 Å². The Labute approximate surface area is 197 Å². The van der Waals surface area contributed by atoms with Crippen molar-refractivity contribution in [3.8, 4) is 0 Å². The van der Waals surface area contributed by atoms with E-state index in [1.807, 2.05) is 74.3 Å². The van der Waals surface area contributed by atoms with Crippen molar-refractivity contribution in [2.75, 3.05) is 23.8 Å². The third kappa shape index (κ3) is 4.12. The molecule has 3 amide bonds. The van der Waals surface area contributed by atoms with Gasteiger partial charge in [-0.25, -0.2) is 0 Å². The predicted octanol–water partition coefficient (Wildman–Crippen LogP) is 2.60. The number of fused-ring (bicyclic) bond motifs is 3. The van der Waals surface area contributed by atoms with Crippen LogP contribution in [-0.4, -0.2) is 46.7 Å². The summed E-state index contributed by atoms with van der Waals surface area (Å²) in [6.45, 7) is 4.82. The minimum absolute atomic E-state index is 0.0214. The molecular formula is C26H27N5O3. The van der Waals surface area contributed by atoms with Gasteiger partial charge in [-0.2, -0.15) is 0 Å². The molecule has 3 aromatic rings. The van der Waals surface area contributed by atoms with Gasteiger partial charge in [0, 0.05) is 11.9 Å². The predicted molar refractivity (Wildman–Crippen MR) is 130 cm³/mol. The fraction of sp³-hybridized carbons (Fsp3) is 0.308. The number of anilines is 2. The fourth-order valence-corrected chi connectivity index (χ4v) is 4.68. The van der Waals surface area contributed by atoms with Crippen molar-refractivity contribution in [2.45, 2.75) is 38.9 Å². The quantitative estimate of drug-likeness (QED) is 0.575. The molecule has 0 unspecified atom stereocenters. The van der Waals surface area contributed by atoms with E-state index < -0.39 is 5.54 Å². The van der Waals surface area contributed by atoms with E-state index in [0.717, 1.165) is 39.1 Å². The number of carbonyl (C=O) groups excluding carboxylic acids is 3. The standard InChI is InChI=1S/C26H27N5O3/c1-26(2)25(34)31(22-7-5-4-6-20(22)29-26)14-19-9-8-16-10-18-13-30(3)15-24(33)28-23(32)12-17(18)11-21(16)27-19/h4-11,29H,12-15H2,1-3H3,(H,28,32,33). The second kappa shape index (κ2) is 8.22. The molecule has 5 rings (SSSR count). The van der Waals surface area contributed by atoms with Gasteiger partial charge in [-0.15, -0.1) is 0 Å². The van der Waals surface area contributed by atoms with Crippen LogP contribution in [0.3, 0.4) is 0 Å². The van der Waals surface area contributed by atoms with Crippen molar-refractivity contribution >= 4 is 40.0 Å². The molecule has 0 spiro atoms. The van der Waals surface area contributed by atoms with Crippen LogP contribution in [0.4, 0.5) is 11.4 Å². The lowest BCUT2D eigenvalue weighted by atomic mass is 9.97. The summed E-state index contributed by atoms with van der Waals surface area (Å²) in [6.07, 6.45) is 0.120. The molecule has 2 N–H and O–H groups in total. The molecule has 1 aromatic heterocycles. The SMILES string of the molecule is CN1CC(=O)NC(=O)Cc2cc3nc(CN4C(=O)C(C)(C)Nc5ccccc54)ccc3cc2C1. The molecule has 174 valence electrons. The van der Waals surface area contributed by atoms with Crippen LogP contribution < -0.4 is 15.5 Å². The van der Waals surface area contributed by atoms with E-state index in [0.29, 0.717) is 13.1 Å². The number of pyridine rings is 1. The van der Waals surface area contributed by atoms with E-state index in [4.69, 9.17) is 4.98 Å². The van der Waals surface area contributed by atoms with Gasteiger partial charge in [0.15, 0.2) is 0 Å². The van der Waals surface area contributed by atoms with Crippen LogP contribution in [0, 0.1) is 0 Å². The molecule has 0 radical (unpaired) electrons. The lowest BCUT2D eigenvalue weighted by Gasteiger charge is -2.39. The number of nitrogens with one attached hydrogen (secondary N) is 2. The number of carbonyl (C=O) groups is 3. The summed E-state index contributed by atoms with van der Waals surface area (Å²) in [6, 6.07) is 15.7. The molecule has 0 saturated carbocycles. The number of amides is 3. The van der Waals surface area contributed by atoms with Gasteiger partial charge in [-0.3, -0.25) is 29.6 Å². The van der Waals surface area contributed by atoms with Gasteiger partial charge >= 0.3 is 0 Å². The number of para-hydroxylation sites is 2. The van der Waals surface area contributed by atoms with Gasteiger partial charge in [-0.05, 0) is 62.4 Å². The first-order chi connectivity index (χ1) is 16.2. The monoisotopic (exact) mass is 457 g/mol. The zero-order chi connectivity index (χ0) is 24.0.